The summed E-state index contributed by atoms with van der Waals surface area (Å²) >= 11 is 1.72. The molecule has 0 bridgehead atoms. The van der Waals surface area contributed by atoms with Crippen LogP contribution in [-0.2, 0) is 0 Å². The second kappa shape index (κ2) is 4.53. The quantitative estimate of drug-likeness (QED) is 0.710. The van der Waals surface area contributed by atoms with Crippen molar-refractivity contribution in [2.24, 2.45) is 0 Å². The number of rotatable bonds is 3. The summed E-state index contributed by atoms with van der Waals surface area (Å²) in [6.45, 7) is -0.0559. The summed E-state index contributed by atoms with van der Waals surface area (Å²) in [6.07, 6.45) is 0. The van der Waals surface area contributed by atoms with Crippen LogP contribution in [0.25, 0.3) is 0 Å². The van der Waals surface area contributed by atoms with Crippen LogP contribution in [0.4, 0.5) is 0 Å². The Balaban J connectivity index is 2.10. The van der Waals surface area contributed by atoms with Gasteiger partial charge in [0, 0.05) is 5.75 Å². The highest BCUT2D eigenvalue weighted by molar-refractivity contribution is 7.99. The second-order valence-corrected chi connectivity index (χ2v) is 4.94. The number of hydrogen-bond acceptors (Lipinski definition) is 4. The molecule has 0 saturated carbocycles. The van der Waals surface area contributed by atoms with E-state index in [1.807, 2.05) is 18.2 Å². The van der Waals surface area contributed by atoms with E-state index in [4.69, 9.17) is 0 Å². The van der Waals surface area contributed by atoms with E-state index in [1.54, 1.807) is 11.8 Å². The van der Waals surface area contributed by atoms with Gasteiger partial charge in [-0.05, 0) is 5.56 Å². The first kappa shape index (κ1) is 11.0. The Hall–Kier alpha value is -0.550. The first-order valence-corrected chi connectivity index (χ1v) is 6.00. The second-order valence-electron chi connectivity index (χ2n) is 3.84. The molecule has 3 N–H and O–H groups in total. The summed E-state index contributed by atoms with van der Waals surface area (Å²) in [5.74, 6) is 0.736. The molecule has 2 rings (SSSR count). The van der Waals surface area contributed by atoms with Crippen LogP contribution in [0.3, 0.4) is 0 Å². The molecule has 1 aliphatic heterocycles. The Morgan fingerprint density at radius 3 is 2.47 bits per heavy atom. The van der Waals surface area contributed by atoms with Crippen molar-refractivity contribution in [3.8, 4) is 0 Å². The first-order chi connectivity index (χ1) is 7.29. The largest absolute Gasteiger partial charge is 0.394 e. The van der Waals surface area contributed by atoms with Crippen LogP contribution in [0.15, 0.2) is 30.3 Å². The average molecular weight is 225 g/mol. The van der Waals surface area contributed by atoms with Gasteiger partial charge in [-0.15, -0.1) is 11.8 Å². The Labute approximate surface area is 93.5 Å². The van der Waals surface area contributed by atoms with Crippen molar-refractivity contribution in [3.05, 3.63) is 35.9 Å². The molecule has 0 aromatic heterocycles. The van der Waals surface area contributed by atoms with Gasteiger partial charge >= 0.3 is 0 Å². The van der Waals surface area contributed by atoms with Crippen LogP contribution in [0.2, 0.25) is 0 Å². The molecule has 0 amide bonds. The highest BCUT2D eigenvalue weighted by atomic mass is 32.2. The first-order valence-electron chi connectivity index (χ1n) is 4.96. The number of aliphatic hydroxyl groups is 2. The Morgan fingerprint density at radius 1 is 1.27 bits per heavy atom. The van der Waals surface area contributed by atoms with E-state index < -0.39 is 5.54 Å². The maximum Gasteiger partial charge on any atom is 0.0795 e. The monoisotopic (exact) mass is 225 g/mol. The molecule has 0 radical (unpaired) electrons. The van der Waals surface area contributed by atoms with Gasteiger partial charge in [-0.25, -0.2) is 0 Å². The molecule has 1 saturated heterocycles. The molecule has 4 heteroatoms. The average Bonchev–Trinajstić information content (AvgIpc) is 2.75. The van der Waals surface area contributed by atoms with Gasteiger partial charge in [0.05, 0.1) is 24.1 Å². The predicted molar refractivity (Wildman–Crippen MR) is 61.7 cm³/mol. The lowest BCUT2D eigenvalue weighted by Gasteiger charge is -2.24. The van der Waals surface area contributed by atoms with Gasteiger partial charge in [0.25, 0.3) is 0 Å². The number of benzene rings is 1. The van der Waals surface area contributed by atoms with Crippen LogP contribution in [0.5, 0.6) is 0 Å². The van der Waals surface area contributed by atoms with E-state index in [2.05, 4.69) is 17.4 Å². The van der Waals surface area contributed by atoms with Crippen molar-refractivity contribution in [3.63, 3.8) is 0 Å². The molecule has 1 atom stereocenters. The molecule has 15 heavy (non-hydrogen) atoms. The van der Waals surface area contributed by atoms with Crippen molar-refractivity contribution >= 4 is 11.8 Å². The molecule has 1 heterocycles. The van der Waals surface area contributed by atoms with Crippen LogP contribution < -0.4 is 5.32 Å². The summed E-state index contributed by atoms with van der Waals surface area (Å²) in [6, 6.07) is 10.1. The molecule has 3 nitrogen and oxygen atoms in total. The Kier molecular flexibility index (Phi) is 3.31. The molecule has 1 aromatic carbocycles. The normalized spacial score (nSPS) is 24.3. The van der Waals surface area contributed by atoms with Gasteiger partial charge < -0.3 is 10.2 Å². The topological polar surface area (TPSA) is 52.5 Å². The van der Waals surface area contributed by atoms with Crippen LogP contribution in [-0.4, -0.2) is 34.7 Å². The zero-order valence-electron chi connectivity index (χ0n) is 8.39. The summed E-state index contributed by atoms with van der Waals surface area (Å²) < 4.78 is 0. The Morgan fingerprint density at radius 2 is 1.93 bits per heavy atom. The van der Waals surface area contributed by atoms with Crippen molar-refractivity contribution < 1.29 is 10.2 Å². The van der Waals surface area contributed by atoms with Gasteiger partial charge in [-0.1, -0.05) is 30.3 Å². The zero-order chi connectivity index (χ0) is 10.7. The van der Waals surface area contributed by atoms with Crippen LogP contribution >= 0.6 is 11.8 Å². The molecule has 1 aliphatic rings. The fourth-order valence-electron chi connectivity index (χ4n) is 1.64. The van der Waals surface area contributed by atoms with Crippen molar-refractivity contribution in [2.45, 2.75) is 10.9 Å². The standard InChI is InChI=1S/C11H15NO2S/c13-6-11(7-14)8-15-10(12-11)9-4-2-1-3-5-9/h1-5,10,12-14H,6-8H2/t10-/m1/s1. The van der Waals surface area contributed by atoms with Crippen LogP contribution in [0, 0.1) is 0 Å². The van der Waals surface area contributed by atoms with E-state index in [0.717, 1.165) is 5.75 Å². The van der Waals surface area contributed by atoms with Crippen molar-refractivity contribution in [1.82, 2.24) is 5.32 Å². The summed E-state index contributed by atoms with van der Waals surface area (Å²) in [4.78, 5) is 0. The highest BCUT2D eigenvalue weighted by Crippen LogP contribution is 2.36. The lowest BCUT2D eigenvalue weighted by molar-refractivity contribution is 0.112. The van der Waals surface area contributed by atoms with E-state index in [-0.39, 0.29) is 18.6 Å². The molecular formula is C11H15NO2S. The highest BCUT2D eigenvalue weighted by Gasteiger charge is 2.38. The minimum absolute atomic E-state index is 0.0279. The lowest BCUT2D eigenvalue weighted by atomic mass is 10.0. The van der Waals surface area contributed by atoms with Gasteiger partial charge in [0.1, 0.15) is 0 Å². The van der Waals surface area contributed by atoms with Gasteiger partial charge in [0.2, 0.25) is 0 Å². The van der Waals surface area contributed by atoms with E-state index in [1.165, 1.54) is 5.56 Å². The van der Waals surface area contributed by atoms with Gasteiger partial charge in [0.15, 0.2) is 0 Å². The number of nitrogens with one attached hydrogen (secondary N) is 1. The number of aliphatic hydroxyl groups excluding tert-OH is 2. The maximum atomic E-state index is 9.25. The molecule has 0 spiro atoms. The molecule has 0 aliphatic carbocycles. The smallest absolute Gasteiger partial charge is 0.0795 e. The number of thioether (sulfide) groups is 1. The fourth-order valence-corrected chi connectivity index (χ4v) is 3.08. The van der Waals surface area contributed by atoms with Gasteiger partial charge in [-0.2, -0.15) is 0 Å². The molecule has 1 fully saturated rings. The third-order valence-electron chi connectivity index (χ3n) is 2.67. The summed E-state index contributed by atoms with van der Waals surface area (Å²) in [5.41, 5.74) is 0.664. The SMILES string of the molecule is OCC1(CO)CS[C@H](c2ccccc2)N1. The molecular weight excluding hydrogens is 210 g/mol. The fraction of sp³-hybridized carbons (Fsp3) is 0.455. The minimum atomic E-state index is -0.523. The summed E-state index contributed by atoms with van der Waals surface area (Å²) in [5, 5.41) is 21.9. The lowest BCUT2D eigenvalue weighted by Crippen LogP contribution is -2.49. The van der Waals surface area contributed by atoms with Crippen molar-refractivity contribution in [1.29, 1.82) is 0 Å². The van der Waals surface area contributed by atoms with Crippen molar-refractivity contribution in [2.75, 3.05) is 19.0 Å². The third-order valence-corrected chi connectivity index (χ3v) is 4.11. The maximum absolute atomic E-state index is 9.25. The minimum Gasteiger partial charge on any atom is -0.394 e. The zero-order valence-corrected chi connectivity index (χ0v) is 9.20. The third kappa shape index (κ3) is 2.18. The van der Waals surface area contributed by atoms with Gasteiger partial charge in [-0.3, -0.25) is 5.32 Å². The molecule has 0 unspecified atom stereocenters. The Bertz CT molecular complexity index is 314. The molecule has 1 aromatic rings. The van der Waals surface area contributed by atoms with E-state index in [0.29, 0.717) is 0 Å². The van der Waals surface area contributed by atoms with E-state index in [9.17, 15) is 10.2 Å². The molecule has 82 valence electrons. The van der Waals surface area contributed by atoms with E-state index >= 15 is 0 Å². The summed E-state index contributed by atoms with van der Waals surface area (Å²) in [7, 11) is 0. The van der Waals surface area contributed by atoms with Crippen LogP contribution in [0.1, 0.15) is 10.9 Å². The number of hydrogen-bond donors (Lipinski definition) is 3. The predicted octanol–water partition coefficient (Wildman–Crippen LogP) is 0.745.